The van der Waals surface area contributed by atoms with Crippen molar-refractivity contribution in [3.8, 4) is 5.75 Å². The summed E-state index contributed by atoms with van der Waals surface area (Å²) in [6, 6.07) is 3.46. The molecule has 0 aliphatic carbocycles. The van der Waals surface area contributed by atoms with Gasteiger partial charge in [-0.25, -0.2) is 17.5 Å². The van der Waals surface area contributed by atoms with E-state index in [1.165, 1.54) is 12.1 Å². The van der Waals surface area contributed by atoms with Crippen molar-refractivity contribution >= 4 is 10.0 Å². The van der Waals surface area contributed by atoms with Crippen molar-refractivity contribution in [3.05, 3.63) is 24.0 Å². The van der Waals surface area contributed by atoms with Crippen LogP contribution in [0.5, 0.6) is 5.75 Å². The Morgan fingerprint density at radius 1 is 1.44 bits per heavy atom. The molecule has 0 fully saturated rings. The van der Waals surface area contributed by atoms with Crippen LogP contribution in [0.4, 0.5) is 4.39 Å². The molecular weight excluding hydrogens is 233 g/mol. The van der Waals surface area contributed by atoms with Gasteiger partial charge in [-0.15, -0.1) is 0 Å². The molecule has 88 valence electrons. The molecule has 6 heteroatoms. The molecule has 0 spiro atoms. The number of fused-ring (bicyclic) bond motifs is 1. The zero-order valence-corrected chi connectivity index (χ0v) is 9.77. The summed E-state index contributed by atoms with van der Waals surface area (Å²) in [5.74, 6) is -0.427. The molecule has 1 aromatic rings. The van der Waals surface area contributed by atoms with Crippen LogP contribution in [0.2, 0.25) is 0 Å². The van der Waals surface area contributed by atoms with Gasteiger partial charge < -0.3 is 4.74 Å². The van der Waals surface area contributed by atoms with Gasteiger partial charge in [-0.3, -0.25) is 0 Å². The molecule has 1 heterocycles. The number of hydrogen-bond acceptors (Lipinski definition) is 3. The molecule has 0 amide bonds. The molecular formula is C10H12FNO3S. The predicted octanol–water partition coefficient (Wildman–Crippen LogP) is 1.27. The van der Waals surface area contributed by atoms with E-state index in [0.717, 1.165) is 6.07 Å². The van der Waals surface area contributed by atoms with Crippen LogP contribution in [0.25, 0.3) is 0 Å². The van der Waals surface area contributed by atoms with E-state index in [4.69, 9.17) is 4.74 Å². The first kappa shape index (κ1) is 11.3. The molecule has 0 radical (unpaired) electrons. The number of rotatable bonds is 0. The SMILES string of the molecule is CC1(C)CNS(=O)(=O)c2cc(F)ccc2O1. The van der Waals surface area contributed by atoms with Gasteiger partial charge >= 0.3 is 0 Å². The Labute approximate surface area is 93.5 Å². The predicted molar refractivity (Wildman–Crippen MR) is 56.3 cm³/mol. The lowest BCUT2D eigenvalue weighted by molar-refractivity contribution is 0.114. The molecule has 4 nitrogen and oxygen atoms in total. The van der Waals surface area contributed by atoms with Crippen LogP contribution in [-0.4, -0.2) is 20.6 Å². The highest BCUT2D eigenvalue weighted by Gasteiger charge is 2.32. The largest absolute Gasteiger partial charge is 0.485 e. The molecule has 16 heavy (non-hydrogen) atoms. The molecule has 0 atom stereocenters. The second-order valence-corrected chi connectivity index (χ2v) is 6.01. The first-order valence-electron chi connectivity index (χ1n) is 4.78. The van der Waals surface area contributed by atoms with Crippen molar-refractivity contribution < 1.29 is 17.5 Å². The van der Waals surface area contributed by atoms with Crippen LogP contribution in [0.3, 0.4) is 0 Å². The van der Waals surface area contributed by atoms with E-state index >= 15 is 0 Å². The van der Waals surface area contributed by atoms with E-state index in [-0.39, 0.29) is 17.2 Å². The molecule has 1 aromatic carbocycles. The fourth-order valence-corrected chi connectivity index (χ4v) is 2.79. The minimum absolute atomic E-state index is 0.144. The summed E-state index contributed by atoms with van der Waals surface area (Å²) < 4.78 is 44.5. The number of sulfonamides is 1. The third kappa shape index (κ3) is 2.03. The summed E-state index contributed by atoms with van der Waals surface area (Å²) in [5.41, 5.74) is -0.657. The van der Waals surface area contributed by atoms with Crippen LogP contribution < -0.4 is 9.46 Å². The maximum Gasteiger partial charge on any atom is 0.244 e. The first-order valence-corrected chi connectivity index (χ1v) is 6.27. The van der Waals surface area contributed by atoms with Crippen LogP contribution in [0, 0.1) is 5.82 Å². The molecule has 1 aliphatic rings. The van der Waals surface area contributed by atoms with Gasteiger partial charge in [0.25, 0.3) is 0 Å². The second-order valence-electron chi connectivity index (χ2n) is 4.28. The van der Waals surface area contributed by atoms with E-state index in [0.29, 0.717) is 0 Å². The minimum atomic E-state index is -3.69. The van der Waals surface area contributed by atoms with E-state index in [1.54, 1.807) is 13.8 Å². The van der Waals surface area contributed by atoms with Gasteiger partial charge in [-0.05, 0) is 32.0 Å². The maximum atomic E-state index is 13.0. The topological polar surface area (TPSA) is 55.4 Å². The third-order valence-electron chi connectivity index (χ3n) is 2.27. The fraction of sp³-hybridized carbons (Fsp3) is 0.400. The van der Waals surface area contributed by atoms with Gasteiger partial charge in [-0.1, -0.05) is 0 Å². The smallest absolute Gasteiger partial charge is 0.244 e. The van der Waals surface area contributed by atoms with Gasteiger partial charge in [0.15, 0.2) is 0 Å². The van der Waals surface area contributed by atoms with E-state index in [1.807, 2.05) is 0 Å². The lowest BCUT2D eigenvalue weighted by Crippen LogP contribution is -2.39. The zero-order valence-electron chi connectivity index (χ0n) is 8.95. The molecule has 1 N–H and O–H groups in total. The van der Waals surface area contributed by atoms with E-state index in [9.17, 15) is 12.8 Å². The van der Waals surface area contributed by atoms with Crippen molar-refractivity contribution in [1.29, 1.82) is 0 Å². The Bertz CT molecular complexity index is 525. The van der Waals surface area contributed by atoms with E-state index < -0.39 is 21.4 Å². The summed E-state index contributed by atoms with van der Waals surface area (Å²) in [4.78, 5) is -0.155. The zero-order chi connectivity index (χ0) is 12.0. The normalized spacial score (nSPS) is 21.7. The number of nitrogens with one attached hydrogen (secondary N) is 1. The van der Waals surface area contributed by atoms with Crippen molar-refractivity contribution in [2.75, 3.05) is 6.54 Å². The lowest BCUT2D eigenvalue weighted by Gasteiger charge is -2.23. The van der Waals surface area contributed by atoms with Crippen LogP contribution >= 0.6 is 0 Å². The van der Waals surface area contributed by atoms with E-state index in [2.05, 4.69) is 4.72 Å². The third-order valence-corrected chi connectivity index (χ3v) is 3.69. The molecule has 0 unspecified atom stereocenters. The van der Waals surface area contributed by atoms with Gasteiger partial charge in [-0.2, -0.15) is 0 Å². The Morgan fingerprint density at radius 3 is 2.81 bits per heavy atom. The summed E-state index contributed by atoms with van der Waals surface area (Å²) in [6.45, 7) is 3.66. The highest BCUT2D eigenvalue weighted by Crippen LogP contribution is 2.30. The number of ether oxygens (including phenoxy) is 1. The average molecular weight is 245 g/mol. The Morgan fingerprint density at radius 2 is 2.12 bits per heavy atom. The van der Waals surface area contributed by atoms with Crippen molar-refractivity contribution in [1.82, 2.24) is 4.72 Å². The lowest BCUT2D eigenvalue weighted by atomic mass is 10.1. The Kier molecular flexibility index (Phi) is 2.43. The summed E-state index contributed by atoms with van der Waals surface area (Å²) in [5, 5.41) is 0. The molecule has 0 aromatic heterocycles. The quantitative estimate of drug-likeness (QED) is 0.749. The first-order chi connectivity index (χ1) is 7.30. The van der Waals surface area contributed by atoms with Crippen molar-refractivity contribution in [2.24, 2.45) is 0 Å². The fourth-order valence-electron chi connectivity index (χ4n) is 1.46. The molecule has 0 saturated carbocycles. The summed E-state index contributed by atoms with van der Waals surface area (Å²) in [7, 11) is -3.69. The number of benzene rings is 1. The van der Waals surface area contributed by atoms with Gasteiger partial charge in [0, 0.05) is 0 Å². The van der Waals surface area contributed by atoms with Crippen LogP contribution in [0.1, 0.15) is 13.8 Å². The van der Waals surface area contributed by atoms with Crippen LogP contribution in [0.15, 0.2) is 23.1 Å². The Hall–Kier alpha value is -1.14. The monoisotopic (exact) mass is 245 g/mol. The highest BCUT2D eigenvalue weighted by atomic mass is 32.2. The summed E-state index contributed by atoms with van der Waals surface area (Å²) in [6.07, 6.45) is 0. The standard InChI is InChI=1S/C10H12FNO3S/c1-10(2)6-12-16(13,14)9-5-7(11)3-4-8(9)15-10/h3-5,12H,6H2,1-2H3. The summed E-state index contributed by atoms with van der Waals surface area (Å²) >= 11 is 0. The molecule has 0 saturated heterocycles. The molecule has 0 bridgehead atoms. The van der Waals surface area contributed by atoms with Gasteiger partial charge in [0.2, 0.25) is 10.0 Å². The molecule has 2 rings (SSSR count). The Balaban J connectivity index is 2.63. The second kappa shape index (κ2) is 3.43. The average Bonchev–Trinajstić information content (AvgIpc) is 2.25. The highest BCUT2D eigenvalue weighted by molar-refractivity contribution is 7.89. The van der Waals surface area contributed by atoms with Gasteiger partial charge in [0.1, 0.15) is 22.1 Å². The number of halogens is 1. The van der Waals surface area contributed by atoms with Gasteiger partial charge in [0.05, 0.1) is 6.54 Å². The maximum absolute atomic E-state index is 13.0. The van der Waals surface area contributed by atoms with Crippen LogP contribution in [-0.2, 0) is 10.0 Å². The number of hydrogen-bond donors (Lipinski definition) is 1. The van der Waals surface area contributed by atoms with Crippen molar-refractivity contribution in [2.45, 2.75) is 24.3 Å². The van der Waals surface area contributed by atoms with Crippen molar-refractivity contribution in [3.63, 3.8) is 0 Å². The molecule has 1 aliphatic heterocycles. The minimum Gasteiger partial charge on any atom is -0.485 e.